The zero-order valence-corrected chi connectivity index (χ0v) is 25.7. The van der Waals surface area contributed by atoms with Gasteiger partial charge in [0, 0.05) is 30.0 Å². The highest BCUT2D eigenvalue weighted by atomic mass is 35.5. The van der Waals surface area contributed by atoms with Gasteiger partial charge in [-0.05, 0) is 73.2 Å². The van der Waals surface area contributed by atoms with E-state index in [0.717, 1.165) is 36.4 Å². The molecule has 0 fully saturated rings. The van der Waals surface area contributed by atoms with Crippen LogP contribution < -0.4 is 20.1 Å². The summed E-state index contributed by atoms with van der Waals surface area (Å²) in [5.41, 5.74) is 3.97. The van der Waals surface area contributed by atoms with E-state index in [4.69, 9.17) is 16.3 Å². The van der Waals surface area contributed by atoms with Crippen LogP contribution in [0.15, 0.2) is 65.6 Å². The first-order chi connectivity index (χ1) is 19.5. The zero-order chi connectivity index (χ0) is 29.6. The third kappa shape index (κ3) is 8.32. The molecule has 0 aromatic heterocycles. The molecule has 41 heavy (non-hydrogen) atoms. The maximum absolute atomic E-state index is 13.5. The molecule has 0 saturated heterocycles. The molecular weight excluding hydrogens is 558 g/mol. The van der Waals surface area contributed by atoms with Crippen molar-refractivity contribution in [3.63, 3.8) is 0 Å². The van der Waals surface area contributed by atoms with Crippen LogP contribution in [0.2, 0.25) is 5.02 Å². The number of hydrogen-bond donors (Lipinski definition) is 3. The van der Waals surface area contributed by atoms with Crippen molar-refractivity contribution in [1.29, 1.82) is 0 Å². The van der Waals surface area contributed by atoms with Gasteiger partial charge in [0.25, 0.3) is 0 Å². The molecule has 2 unspecified atom stereocenters. The second kappa shape index (κ2) is 13.8. The summed E-state index contributed by atoms with van der Waals surface area (Å²) < 4.78 is 35.7. The monoisotopic (exact) mass is 597 g/mol. The smallest absolute Gasteiger partial charge is 0.241 e. The fraction of sp³-hybridized carbons (Fsp3) is 0.406. The summed E-state index contributed by atoms with van der Waals surface area (Å²) in [6, 6.07) is 17.5. The van der Waals surface area contributed by atoms with Crippen LogP contribution in [0.5, 0.6) is 5.75 Å². The number of halogens is 1. The first-order valence-corrected chi connectivity index (χ1v) is 16.0. The molecule has 0 aliphatic carbocycles. The highest BCUT2D eigenvalue weighted by Gasteiger charge is 2.28. The van der Waals surface area contributed by atoms with E-state index in [-0.39, 0.29) is 23.3 Å². The third-order valence-electron chi connectivity index (χ3n) is 7.31. The molecular formula is C32H40ClN3O4S. The number of sulfonamides is 1. The Morgan fingerprint density at radius 3 is 2.54 bits per heavy atom. The number of aryl methyl sites for hydroxylation is 2. The topological polar surface area (TPSA) is 96.5 Å². The Labute approximate surface area is 249 Å². The summed E-state index contributed by atoms with van der Waals surface area (Å²) >= 11 is 6.20. The number of hydrogen-bond acceptors (Lipinski definition) is 5. The van der Waals surface area contributed by atoms with Gasteiger partial charge < -0.3 is 15.4 Å². The molecule has 0 saturated carbocycles. The summed E-state index contributed by atoms with van der Waals surface area (Å²) in [4.78, 5) is 13.5. The fourth-order valence-electron chi connectivity index (χ4n) is 4.96. The number of amides is 1. The van der Waals surface area contributed by atoms with Gasteiger partial charge in [0.2, 0.25) is 15.9 Å². The van der Waals surface area contributed by atoms with Gasteiger partial charge in [-0.3, -0.25) is 4.79 Å². The Balaban J connectivity index is 1.48. The van der Waals surface area contributed by atoms with E-state index < -0.39 is 16.1 Å². The quantitative estimate of drug-likeness (QED) is 0.218. The SMILES string of the molecule is Cc1cc(S(=O)(=O)NC(CC(=O)NC2CCOc3cc(CNCCC(C)C)ccc32)c2ccccc2)c(C)cc1Cl. The molecule has 1 heterocycles. The molecule has 9 heteroatoms. The van der Waals surface area contributed by atoms with Crippen LogP contribution in [0.25, 0.3) is 0 Å². The van der Waals surface area contributed by atoms with E-state index >= 15 is 0 Å². The average Bonchev–Trinajstić information content (AvgIpc) is 2.93. The Hall–Kier alpha value is -2.91. The molecule has 2 atom stereocenters. The molecule has 1 aliphatic heterocycles. The van der Waals surface area contributed by atoms with Gasteiger partial charge in [-0.15, -0.1) is 0 Å². The molecule has 220 valence electrons. The van der Waals surface area contributed by atoms with E-state index in [2.05, 4.69) is 35.3 Å². The lowest BCUT2D eigenvalue weighted by atomic mass is 9.98. The molecule has 3 aromatic carbocycles. The Bertz CT molecular complexity index is 1460. The zero-order valence-electron chi connectivity index (χ0n) is 24.2. The predicted molar refractivity (Wildman–Crippen MR) is 164 cm³/mol. The first-order valence-electron chi connectivity index (χ1n) is 14.1. The lowest BCUT2D eigenvalue weighted by Gasteiger charge is -2.28. The second-order valence-corrected chi connectivity index (χ2v) is 13.2. The minimum Gasteiger partial charge on any atom is -0.493 e. The maximum atomic E-state index is 13.5. The Morgan fingerprint density at radius 2 is 1.80 bits per heavy atom. The second-order valence-electron chi connectivity index (χ2n) is 11.1. The van der Waals surface area contributed by atoms with E-state index in [1.54, 1.807) is 26.0 Å². The van der Waals surface area contributed by atoms with Gasteiger partial charge in [-0.2, -0.15) is 0 Å². The van der Waals surface area contributed by atoms with E-state index in [0.29, 0.717) is 40.7 Å². The summed E-state index contributed by atoms with van der Waals surface area (Å²) in [6.07, 6.45) is 1.70. The molecule has 0 bridgehead atoms. The van der Waals surface area contributed by atoms with Crippen molar-refractivity contribution < 1.29 is 17.9 Å². The van der Waals surface area contributed by atoms with Crippen molar-refractivity contribution in [3.8, 4) is 5.75 Å². The van der Waals surface area contributed by atoms with Crippen molar-refractivity contribution in [1.82, 2.24) is 15.4 Å². The summed E-state index contributed by atoms with van der Waals surface area (Å²) in [7, 11) is -3.94. The number of nitrogens with one attached hydrogen (secondary N) is 3. The van der Waals surface area contributed by atoms with Gasteiger partial charge in [0.05, 0.1) is 23.6 Å². The number of carbonyl (C=O) groups excluding carboxylic acids is 1. The van der Waals surface area contributed by atoms with Crippen LogP contribution in [0.1, 0.15) is 73.0 Å². The number of rotatable bonds is 12. The molecule has 0 spiro atoms. The highest BCUT2D eigenvalue weighted by Crippen LogP contribution is 2.33. The molecule has 3 N–H and O–H groups in total. The van der Waals surface area contributed by atoms with Crippen molar-refractivity contribution in [3.05, 3.63) is 93.5 Å². The number of ether oxygens (including phenoxy) is 1. The van der Waals surface area contributed by atoms with Gasteiger partial charge in [0.15, 0.2) is 0 Å². The normalized spacial score (nSPS) is 15.7. The standard InChI is InChI=1S/C32H40ClN3O4S/c1-21(2)12-14-34-20-24-10-11-26-28(13-15-40-30(26)18-24)35-32(37)19-29(25-8-6-5-7-9-25)36-41(38,39)31-17-22(3)27(33)16-23(31)4/h5-11,16-18,21,28-29,34,36H,12-15,19-20H2,1-4H3,(H,35,37). The fourth-order valence-corrected chi connectivity index (χ4v) is 6.72. The summed E-state index contributed by atoms with van der Waals surface area (Å²) in [5.74, 6) is 1.18. The van der Waals surface area contributed by atoms with Crippen molar-refractivity contribution in [2.45, 2.75) is 70.5 Å². The first kappa shape index (κ1) is 31.0. The Morgan fingerprint density at radius 1 is 1.05 bits per heavy atom. The third-order valence-corrected chi connectivity index (χ3v) is 9.34. The van der Waals surface area contributed by atoms with Crippen LogP contribution in [-0.4, -0.2) is 27.5 Å². The average molecular weight is 598 g/mol. The largest absolute Gasteiger partial charge is 0.493 e. The Kier molecular flexibility index (Phi) is 10.5. The van der Waals surface area contributed by atoms with Crippen molar-refractivity contribution >= 4 is 27.5 Å². The predicted octanol–water partition coefficient (Wildman–Crippen LogP) is 6.14. The lowest BCUT2D eigenvalue weighted by molar-refractivity contribution is -0.122. The van der Waals surface area contributed by atoms with E-state index in [1.807, 2.05) is 42.5 Å². The van der Waals surface area contributed by atoms with Gasteiger partial charge >= 0.3 is 0 Å². The summed E-state index contributed by atoms with van der Waals surface area (Å²) in [5, 5.41) is 7.10. The molecule has 7 nitrogen and oxygen atoms in total. The number of carbonyl (C=O) groups is 1. The van der Waals surface area contributed by atoms with E-state index in [9.17, 15) is 13.2 Å². The van der Waals surface area contributed by atoms with Crippen molar-refractivity contribution in [2.24, 2.45) is 5.92 Å². The van der Waals surface area contributed by atoms with Crippen LogP contribution >= 0.6 is 11.6 Å². The molecule has 3 aromatic rings. The molecule has 1 aliphatic rings. The maximum Gasteiger partial charge on any atom is 0.241 e. The van der Waals surface area contributed by atoms with Crippen molar-refractivity contribution in [2.75, 3.05) is 13.2 Å². The van der Waals surface area contributed by atoms with Crippen LogP contribution in [-0.2, 0) is 21.4 Å². The molecule has 4 rings (SSSR count). The molecule has 1 amide bonds. The lowest BCUT2D eigenvalue weighted by Crippen LogP contribution is -2.36. The minimum atomic E-state index is -3.94. The number of benzene rings is 3. The highest BCUT2D eigenvalue weighted by molar-refractivity contribution is 7.89. The summed E-state index contributed by atoms with van der Waals surface area (Å²) in [6.45, 7) is 10.1. The van der Waals surface area contributed by atoms with Gasteiger partial charge in [-0.1, -0.05) is 67.9 Å². The van der Waals surface area contributed by atoms with Gasteiger partial charge in [-0.25, -0.2) is 13.1 Å². The number of fused-ring (bicyclic) bond motifs is 1. The van der Waals surface area contributed by atoms with Crippen LogP contribution in [0.4, 0.5) is 0 Å². The van der Waals surface area contributed by atoms with Gasteiger partial charge in [0.1, 0.15) is 5.75 Å². The molecule has 0 radical (unpaired) electrons. The van der Waals surface area contributed by atoms with Crippen LogP contribution in [0, 0.1) is 19.8 Å². The minimum absolute atomic E-state index is 0.0561. The van der Waals surface area contributed by atoms with Crippen LogP contribution in [0.3, 0.4) is 0 Å². The van der Waals surface area contributed by atoms with E-state index in [1.165, 1.54) is 0 Å².